The van der Waals surface area contributed by atoms with Gasteiger partial charge in [0, 0.05) is 23.9 Å². The van der Waals surface area contributed by atoms with E-state index in [4.69, 9.17) is 17.3 Å². The first-order valence-electron chi connectivity index (χ1n) is 6.64. The van der Waals surface area contributed by atoms with Gasteiger partial charge in [-0.15, -0.1) is 0 Å². The van der Waals surface area contributed by atoms with E-state index in [0.29, 0.717) is 11.6 Å². The van der Waals surface area contributed by atoms with Crippen molar-refractivity contribution in [2.75, 3.05) is 25.6 Å². The van der Waals surface area contributed by atoms with Gasteiger partial charge in [-0.3, -0.25) is 4.90 Å². The van der Waals surface area contributed by atoms with E-state index in [2.05, 4.69) is 0 Å². The summed E-state index contributed by atoms with van der Waals surface area (Å²) < 4.78 is 22.6. The maximum atomic E-state index is 11.3. The van der Waals surface area contributed by atoms with Crippen molar-refractivity contribution in [2.24, 2.45) is 5.73 Å². The highest BCUT2D eigenvalue weighted by atomic mass is 35.5. The van der Waals surface area contributed by atoms with Crippen molar-refractivity contribution in [3.8, 4) is 0 Å². The molecule has 0 aliphatic heterocycles. The van der Waals surface area contributed by atoms with Crippen LogP contribution in [-0.4, -0.2) is 45.0 Å². The van der Waals surface area contributed by atoms with Crippen molar-refractivity contribution < 1.29 is 8.42 Å². The van der Waals surface area contributed by atoms with Crippen LogP contribution in [0.15, 0.2) is 24.3 Å². The molecule has 20 heavy (non-hydrogen) atoms. The quantitative estimate of drug-likeness (QED) is 0.836. The highest BCUT2D eigenvalue weighted by Gasteiger charge is 2.25. The number of nitrogens with two attached hydrogens (primary N) is 1. The van der Waals surface area contributed by atoms with E-state index in [1.165, 1.54) is 6.26 Å². The standard InChI is InChI=1S/C14H23ClN2O2S/c1-4-13(16)14(11-7-5-6-8-12(11)15)17(2)9-10-20(3,18)19/h5-8,13-14H,4,9-10,16H2,1-3H3. The smallest absolute Gasteiger partial charge is 0.148 e. The fourth-order valence-corrected chi connectivity index (χ4v) is 3.05. The molecule has 0 aromatic heterocycles. The summed E-state index contributed by atoms with van der Waals surface area (Å²) in [6, 6.07) is 7.38. The highest BCUT2D eigenvalue weighted by Crippen LogP contribution is 2.29. The molecule has 0 heterocycles. The number of hydrogen-bond acceptors (Lipinski definition) is 4. The van der Waals surface area contributed by atoms with Gasteiger partial charge < -0.3 is 5.73 Å². The lowest BCUT2D eigenvalue weighted by molar-refractivity contribution is 0.221. The fourth-order valence-electron chi connectivity index (χ4n) is 2.18. The lowest BCUT2D eigenvalue weighted by atomic mass is 9.96. The van der Waals surface area contributed by atoms with Crippen LogP contribution in [0.1, 0.15) is 24.9 Å². The molecule has 1 aromatic rings. The van der Waals surface area contributed by atoms with Gasteiger partial charge in [0.25, 0.3) is 0 Å². The average molecular weight is 319 g/mol. The molecule has 0 aliphatic carbocycles. The van der Waals surface area contributed by atoms with Gasteiger partial charge in [0.2, 0.25) is 0 Å². The van der Waals surface area contributed by atoms with E-state index >= 15 is 0 Å². The summed E-state index contributed by atoms with van der Waals surface area (Å²) in [6.45, 7) is 2.45. The van der Waals surface area contributed by atoms with Gasteiger partial charge in [-0.1, -0.05) is 36.7 Å². The van der Waals surface area contributed by atoms with Crippen LogP contribution in [0, 0.1) is 0 Å². The Labute approximate surface area is 126 Å². The van der Waals surface area contributed by atoms with Gasteiger partial charge in [-0.05, 0) is 25.1 Å². The number of sulfone groups is 1. The maximum Gasteiger partial charge on any atom is 0.148 e. The zero-order valence-corrected chi connectivity index (χ0v) is 13.8. The molecule has 1 aromatic carbocycles. The first kappa shape index (κ1) is 17.4. The summed E-state index contributed by atoms with van der Waals surface area (Å²) in [5.41, 5.74) is 7.15. The van der Waals surface area contributed by atoms with Crippen LogP contribution in [-0.2, 0) is 9.84 Å². The third-order valence-corrected chi connectivity index (χ3v) is 4.66. The molecule has 2 atom stereocenters. The Hall–Kier alpha value is -0.620. The van der Waals surface area contributed by atoms with Crippen molar-refractivity contribution in [1.82, 2.24) is 4.90 Å². The van der Waals surface area contributed by atoms with E-state index in [1.54, 1.807) is 0 Å². The number of halogens is 1. The zero-order valence-electron chi connectivity index (χ0n) is 12.2. The first-order valence-corrected chi connectivity index (χ1v) is 9.08. The Morgan fingerprint density at radius 3 is 2.45 bits per heavy atom. The second-order valence-electron chi connectivity index (χ2n) is 5.15. The molecule has 2 unspecified atom stereocenters. The average Bonchev–Trinajstić information content (AvgIpc) is 2.38. The van der Waals surface area contributed by atoms with Crippen LogP contribution in [0.3, 0.4) is 0 Å². The topological polar surface area (TPSA) is 63.4 Å². The third kappa shape index (κ3) is 5.05. The number of benzene rings is 1. The monoisotopic (exact) mass is 318 g/mol. The summed E-state index contributed by atoms with van der Waals surface area (Å²) >= 11 is 6.25. The first-order chi connectivity index (χ1) is 9.26. The summed E-state index contributed by atoms with van der Waals surface area (Å²) in [5, 5.41) is 0.660. The molecule has 0 saturated carbocycles. The van der Waals surface area contributed by atoms with E-state index in [0.717, 1.165) is 12.0 Å². The lowest BCUT2D eigenvalue weighted by Gasteiger charge is -2.33. The van der Waals surface area contributed by atoms with Crippen LogP contribution >= 0.6 is 11.6 Å². The molecule has 0 fully saturated rings. The van der Waals surface area contributed by atoms with Crippen molar-refractivity contribution in [3.05, 3.63) is 34.9 Å². The van der Waals surface area contributed by atoms with E-state index in [-0.39, 0.29) is 17.8 Å². The molecular formula is C14H23ClN2O2S. The van der Waals surface area contributed by atoms with Crippen LogP contribution in [0.25, 0.3) is 0 Å². The van der Waals surface area contributed by atoms with Crippen molar-refractivity contribution in [1.29, 1.82) is 0 Å². The van der Waals surface area contributed by atoms with Crippen LogP contribution < -0.4 is 5.73 Å². The second-order valence-corrected chi connectivity index (χ2v) is 7.82. The molecule has 114 valence electrons. The lowest BCUT2D eigenvalue weighted by Crippen LogP contribution is -2.40. The van der Waals surface area contributed by atoms with Gasteiger partial charge in [0.15, 0.2) is 0 Å². The predicted molar refractivity (Wildman–Crippen MR) is 84.8 cm³/mol. The minimum atomic E-state index is -2.99. The van der Waals surface area contributed by atoms with Crippen LogP contribution in [0.2, 0.25) is 5.02 Å². The Morgan fingerprint density at radius 1 is 1.35 bits per heavy atom. The highest BCUT2D eigenvalue weighted by molar-refractivity contribution is 7.90. The Morgan fingerprint density at radius 2 is 1.95 bits per heavy atom. The normalized spacial score (nSPS) is 15.3. The van der Waals surface area contributed by atoms with E-state index in [1.807, 2.05) is 43.1 Å². The molecule has 6 heteroatoms. The molecule has 0 spiro atoms. The minimum Gasteiger partial charge on any atom is -0.326 e. The van der Waals surface area contributed by atoms with Gasteiger partial charge in [0.05, 0.1) is 11.8 Å². The summed E-state index contributed by atoms with van der Waals surface area (Å²) in [4.78, 5) is 1.97. The minimum absolute atomic E-state index is 0.0875. The molecule has 0 bridgehead atoms. The molecule has 0 saturated heterocycles. The van der Waals surface area contributed by atoms with E-state index < -0.39 is 9.84 Å². The Balaban J connectivity index is 2.98. The fraction of sp³-hybridized carbons (Fsp3) is 0.571. The van der Waals surface area contributed by atoms with Gasteiger partial charge >= 0.3 is 0 Å². The maximum absolute atomic E-state index is 11.3. The number of hydrogen-bond donors (Lipinski definition) is 1. The predicted octanol–water partition coefficient (Wildman–Crippen LogP) is 2.09. The van der Waals surface area contributed by atoms with Crippen LogP contribution in [0.4, 0.5) is 0 Å². The summed E-state index contributed by atoms with van der Waals surface area (Å²) in [6.07, 6.45) is 2.03. The molecule has 1 rings (SSSR count). The molecule has 0 aliphatic rings. The molecular weight excluding hydrogens is 296 g/mol. The molecule has 4 nitrogen and oxygen atoms in total. The summed E-state index contributed by atoms with van der Waals surface area (Å²) in [5.74, 6) is 0.112. The zero-order chi connectivity index (χ0) is 15.3. The van der Waals surface area contributed by atoms with Gasteiger partial charge in [-0.25, -0.2) is 8.42 Å². The van der Waals surface area contributed by atoms with Crippen molar-refractivity contribution >= 4 is 21.4 Å². The second kappa shape index (κ2) is 7.41. The van der Waals surface area contributed by atoms with Crippen molar-refractivity contribution in [2.45, 2.75) is 25.4 Å². The SMILES string of the molecule is CCC(N)C(c1ccccc1Cl)N(C)CCS(C)(=O)=O. The van der Waals surface area contributed by atoms with Crippen LogP contribution in [0.5, 0.6) is 0 Å². The van der Waals surface area contributed by atoms with E-state index in [9.17, 15) is 8.42 Å². The number of nitrogens with zero attached hydrogens (tertiary/aromatic N) is 1. The molecule has 0 radical (unpaired) electrons. The van der Waals surface area contributed by atoms with Gasteiger partial charge in [-0.2, -0.15) is 0 Å². The number of rotatable bonds is 7. The number of likely N-dealkylation sites (N-methyl/N-ethyl adjacent to an activating group) is 1. The summed E-state index contributed by atoms with van der Waals surface area (Å²) in [7, 11) is -1.11. The van der Waals surface area contributed by atoms with Crippen molar-refractivity contribution in [3.63, 3.8) is 0 Å². The largest absolute Gasteiger partial charge is 0.326 e. The molecule has 0 amide bonds. The third-order valence-electron chi connectivity index (χ3n) is 3.39. The Kier molecular flexibility index (Phi) is 6.45. The van der Waals surface area contributed by atoms with Gasteiger partial charge in [0.1, 0.15) is 9.84 Å². The molecule has 2 N–H and O–H groups in total. The Bertz CT molecular complexity index is 534.